The van der Waals surface area contributed by atoms with Crippen LogP contribution in [0.25, 0.3) is 0 Å². The summed E-state index contributed by atoms with van der Waals surface area (Å²) in [6.45, 7) is 1.88. The van der Waals surface area contributed by atoms with Gasteiger partial charge in [-0.3, -0.25) is 4.79 Å². The van der Waals surface area contributed by atoms with E-state index in [1.165, 1.54) is 23.2 Å². The Morgan fingerprint density at radius 3 is 2.76 bits per heavy atom. The van der Waals surface area contributed by atoms with Gasteiger partial charge in [-0.2, -0.15) is 0 Å². The Morgan fingerprint density at radius 2 is 2.29 bits per heavy atom. The molecular formula is C10H13BrN2O3S. The molecule has 0 saturated carbocycles. The van der Waals surface area contributed by atoms with Crippen molar-refractivity contribution in [2.24, 2.45) is 0 Å². The van der Waals surface area contributed by atoms with Crippen LogP contribution in [-0.2, 0) is 11.3 Å². The number of carboxylic acid groups (broad SMARTS) is 1. The summed E-state index contributed by atoms with van der Waals surface area (Å²) >= 11 is 4.87. The predicted molar refractivity (Wildman–Crippen MR) is 69.1 cm³/mol. The topological polar surface area (TPSA) is 69.6 Å². The Bertz CT molecular complexity index is 421. The van der Waals surface area contributed by atoms with Gasteiger partial charge >= 0.3 is 12.0 Å². The number of hydrogen-bond acceptors (Lipinski definition) is 3. The molecule has 17 heavy (non-hydrogen) atoms. The lowest BCUT2D eigenvalue weighted by molar-refractivity contribution is -0.138. The summed E-state index contributed by atoms with van der Waals surface area (Å²) < 4.78 is 0.977. The lowest BCUT2D eigenvalue weighted by atomic mass is 10.3. The van der Waals surface area contributed by atoms with Gasteiger partial charge < -0.3 is 15.3 Å². The van der Waals surface area contributed by atoms with Crippen molar-refractivity contribution in [1.82, 2.24) is 10.2 Å². The third-order valence-electron chi connectivity index (χ3n) is 2.07. The second kappa shape index (κ2) is 6.02. The smallest absolute Gasteiger partial charge is 0.325 e. The Balaban J connectivity index is 2.50. The number of hydrogen-bond donors (Lipinski definition) is 2. The maximum absolute atomic E-state index is 11.6. The minimum Gasteiger partial charge on any atom is -0.480 e. The summed E-state index contributed by atoms with van der Waals surface area (Å²) in [6, 6.07) is 0.638. The number of urea groups is 1. The van der Waals surface area contributed by atoms with Gasteiger partial charge in [-0.1, -0.05) is 0 Å². The van der Waals surface area contributed by atoms with E-state index in [4.69, 9.17) is 5.11 Å². The van der Waals surface area contributed by atoms with Crippen LogP contribution in [0.4, 0.5) is 4.79 Å². The second-order valence-corrected chi connectivity index (χ2v) is 5.51. The van der Waals surface area contributed by atoms with Crippen LogP contribution >= 0.6 is 27.3 Å². The van der Waals surface area contributed by atoms with E-state index in [-0.39, 0.29) is 0 Å². The van der Waals surface area contributed by atoms with Crippen molar-refractivity contribution < 1.29 is 14.7 Å². The fourth-order valence-corrected chi connectivity index (χ4v) is 2.60. The Labute approximate surface area is 112 Å². The number of carbonyl (C=O) groups excluding carboxylic acids is 1. The van der Waals surface area contributed by atoms with Crippen molar-refractivity contribution in [1.29, 1.82) is 0 Å². The van der Waals surface area contributed by atoms with Gasteiger partial charge in [-0.15, -0.1) is 11.3 Å². The monoisotopic (exact) mass is 320 g/mol. The first-order valence-corrected chi connectivity index (χ1v) is 6.54. The second-order valence-electron chi connectivity index (χ2n) is 3.60. The van der Waals surface area contributed by atoms with Crippen LogP contribution in [0.15, 0.2) is 15.9 Å². The maximum atomic E-state index is 11.6. The van der Waals surface area contributed by atoms with Crippen LogP contribution < -0.4 is 5.32 Å². The Kier molecular flexibility index (Phi) is 4.95. The molecule has 7 heteroatoms. The molecule has 0 bridgehead atoms. The molecular weight excluding hydrogens is 308 g/mol. The fourth-order valence-electron chi connectivity index (χ4n) is 1.10. The predicted octanol–water partition coefficient (Wildman–Crippen LogP) is 2.13. The van der Waals surface area contributed by atoms with Gasteiger partial charge in [0.2, 0.25) is 0 Å². The number of nitrogens with one attached hydrogen (secondary N) is 1. The molecule has 94 valence electrons. The lowest BCUT2D eigenvalue weighted by Crippen LogP contribution is -2.44. The molecule has 0 aliphatic carbocycles. The molecule has 1 aromatic heterocycles. The number of halogens is 1. The van der Waals surface area contributed by atoms with E-state index >= 15 is 0 Å². The third kappa shape index (κ3) is 4.35. The van der Waals surface area contributed by atoms with Crippen LogP contribution in [0.5, 0.6) is 0 Å². The van der Waals surface area contributed by atoms with Gasteiger partial charge in [0.1, 0.15) is 6.04 Å². The van der Waals surface area contributed by atoms with E-state index in [2.05, 4.69) is 21.2 Å². The summed E-state index contributed by atoms with van der Waals surface area (Å²) in [5, 5.41) is 13.0. The SMILES string of the molecule is CC(NC(=O)N(C)Cc1cc(Br)cs1)C(=O)O. The molecule has 1 atom stereocenters. The molecule has 0 aliphatic heterocycles. The lowest BCUT2D eigenvalue weighted by Gasteiger charge is -2.18. The van der Waals surface area contributed by atoms with Crippen molar-refractivity contribution in [3.8, 4) is 0 Å². The van der Waals surface area contributed by atoms with Crippen LogP contribution in [0.2, 0.25) is 0 Å². The van der Waals surface area contributed by atoms with Crippen molar-refractivity contribution in [3.63, 3.8) is 0 Å². The van der Waals surface area contributed by atoms with Crippen LogP contribution in [-0.4, -0.2) is 35.1 Å². The number of rotatable bonds is 4. The van der Waals surface area contributed by atoms with Gasteiger partial charge in [0.05, 0.1) is 6.54 Å². The van der Waals surface area contributed by atoms with E-state index in [1.54, 1.807) is 7.05 Å². The largest absolute Gasteiger partial charge is 0.480 e. The molecule has 0 spiro atoms. The molecule has 1 heterocycles. The van der Waals surface area contributed by atoms with Gasteiger partial charge in [0.25, 0.3) is 0 Å². The highest BCUT2D eigenvalue weighted by molar-refractivity contribution is 9.10. The van der Waals surface area contributed by atoms with Crippen LogP contribution in [0.3, 0.4) is 0 Å². The standard InChI is InChI=1S/C10H13BrN2O3S/c1-6(9(14)15)12-10(16)13(2)4-8-3-7(11)5-17-8/h3,5-6H,4H2,1-2H3,(H,12,16)(H,14,15). The summed E-state index contributed by atoms with van der Waals surface area (Å²) in [5.41, 5.74) is 0. The molecule has 0 saturated heterocycles. The molecule has 0 aliphatic rings. The van der Waals surface area contributed by atoms with Crippen LogP contribution in [0.1, 0.15) is 11.8 Å². The zero-order chi connectivity index (χ0) is 13.0. The third-order valence-corrected chi connectivity index (χ3v) is 3.75. The average Bonchev–Trinajstić information content (AvgIpc) is 2.63. The molecule has 0 aromatic carbocycles. The first kappa shape index (κ1) is 14.0. The van der Waals surface area contributed by atoms with E-state index in [9.17, 15) is 9.59 Å². The van der Waals surface area contributed by atoms with Gasteiger partial charge in [0, 0.05) is 21.8 Å². The first-order valence-electron chi connectivity index (χ1n) is 4.87. The normalized spacial score (nSPS) is 11.9. The quantitative estimate of drug-likeness (QED) is 0.892. The Morgan fingerprint density at radius 1 is 1.65 bits per heavy atom. The number of carboxylic acids is 1. The zero-order valence-electron chi connectivity index (χ0n) is 9.44. The van der Waals surface area contributed by atoms with Crippen LogP contribution in [0, 0.1) is 0 Å². The summed E-state index contributed by atoms with van der Waals surface area (Å²) in [4.78, 5) is 24.7. The molecule has 2 amide bonds. The van der Waals surface area contributed by atoms with Gasteiger partial charge in [-0.25, -0.2) is 4.79 Å². The highest BCUT2D eigenvalue weighted by Crippen LogP contribution is 2.20. The van der Waals surface area contributed by atoms with Crippen molar-refractivity contribution in [2.45, 2.75) is 19.5 Å². The van der Waals surface area contributed by atoms with E-state index in [0.29, 0.717) is 6.54 Å². The zero-order valence-corrected chi connectivity index (χ0v) is 11.8. The van der Waals surface area contributed by atoms with Crippen molar-refractivity contribution in [3.05, 3.63) is 20.8 Å². The van der Waals surface area contributed by atoms with Gasteiger partial charge in [0.15, 0.2) is 0 Å². The Hall–Kier alpha value is -1.08. The number of amides is 2. The molecule has 2 N–H and O–H groups in total. The summed E-state index contributed by atoms with van der Waals surface area (Å²) in [5.74, 6) is -1.05. The van der Waals surface area contributed by atoms with E-state index in [0.717, 1.165) is 9.35 Å². The number of thiophene rings is 1. The number of carbonyl (C=O) groups is 2. The molecule has 1 unspecified atom stereocenters. The number of aliphatic carboxylic acids is 1. The first-order chi connectivity index (χ1) is 7.90. The number of nitrogens with zero attached hydrogens (tertiary/aromatic N) is 1. The highest BCUT2D eigenvalue weighted by atomic mass is 79.9. The minimum absolute atomic E-state index is 0.399. The fraction of sp³-hybridized carbons (Fsp3) is 0.400. The summed E-state index contributed by atoms with van der Waals surface area (Å²) in [7, 11) is 1.62. The molecule has 5 nitrogen and oxygen atoms in total. The van der Waals surface area contributed by atoms with E-state index < -0.39 is 18.0 Å². The molecule has 1 rings (SSSR count). The molecule has 0 fully saturated rings. The van der Waals surface area contributed by atoms with Gasteiger partial charge in [-0.05, 0) is 28.9 Å². The minimum atomic E-state index is -1.05. The molecule has 1 aromatic rings. The average molecular weight is 321 g/mol. The highest BCUT2D eigenvalue weighted by Gasteiger charge is 2.17. The molecule has 0 radical (unpaired) electrons. The summed E-state index contributed by atoms with van der Waals surface area (Å²) in [6.07, 6.45) is 0. The maximum Gasteiger partial charge on any atom is 0.325 e. The van der Waals surface area contributed by atoms with Crippen molar-refractivity contribution in [2.75, 3.05) is 7.05 Å². The van der Waals surface area contributed by atoms with E-state index in [1.807, 2.05) is 11.4 Å². The van der Waals surface area contributed by atoms with Crippen molar-refractivity contribution >= 4 is 39.3 Å².